The third kappa shape index (κ3) is 3.67. The average molecular weight is 318 g/mol. The molecule has 9 heteroatoms. The van der Waals surface area contributed by atoms with Crippen LogP contribution in [0.1, 0.15) is 10.4 Å². The number of carboxylic acid groups (broad SMARTS) is 1. The summed E-state index contributed by atoms with van der Waals surface area (Å²) in [5.74, 6) is -3.64. The zero-order valence-electron chi connectivity index (χ0n) is 11.3. The second-order valence-electron chi connectivity index (χ2n) is 4.59. The molecule has 6 nitrogen and oxygen atoms in total. The van der Waals surface area contributed by atoms with Crippen LogP contribution >= 0.6 is 0 Å². The molecule has 1 aromatic rings. The number of aromatic carboxylic acids is 1. The number of nitrogens with one attached hydrogen (secondary N) is 1. The third-order valence-electron chi connectivity index (χ3n) is 3.12. The predicted octanol–water partition coefficient (Wildman–Crippen LogP) is 1.72. The molecule has 1 saturated heterocycles. The first kappa shape index (κ1) is 16.1. The van der Waals surface area contributed by atoms with E-state index in [0.29, 0.717) is 32.0 Å². The molecule has 1 amide bonds. The van der Waals surface area contributed by atoms with Crippen LogP contribution in [0.4, 0.5) is 24.5 Å². The Hall–Kier alpha value is -2.29. The highest BCUT2D eigenvalue weighted by molar-refractivity contribution is 6.02. The summed E-state index contributed by atoms with van der Waals surface area (Å²) >= 11 is 0. The zero-order valence-corrected chi connectivity index (χ0v) is 11.3. The number of ether oxygens (including phenoxy) is 1. The predicted molar refractivity (Wildman–Crippen MR) is 71.1 cm³/mol. The van der Waals surface area contributed by atoms with Crippen LogP contribution < -0.4 is 10.2 Å². The molecule has 0 unspecified atom stereocenters. The number of anilines is 2. The smallest absolute Gasteiger partial charge is 0.471 e. The van der Waals surface area contributed by atoms with E-state index in [9.17, 15) is 22.8 Å². The number of morpholine rings is 1. The maximum Gasteiger partial charge on any atom is 0.471 e. The Labute approximate surface area is 123 Å². The molecule has 0 aromatic heterocycles. The van der Waals surface area contributed by atoms with Gasteiger partial charge in [-0.3, -0.25) is 4.79 Å². The van der Waals surface area contributed by atoms with Gasteiger partial charge in [0.1, 0.15) is 0 Å². The molecular formula is C13H13F3N2O4. The molecule has 0 saturated carbocycles. The molecule has 22 heavy (non-hydrogen) atoms. The summed E-state index contributed by atoms with van der Waals surface area (Å²) in [5, 5.41) is 10.7. The molecule has 1 aromatic carbocycles. The highest BCUT2D eigenvalue weighted by Crippen LogP contribution is 2.26. The van der Waals surface area contributed by atoms with Gasteiger partial charge in [-0.1, -0.05) is 0 Å². The number of nitrogens with zero attached hydrogens (tertiary/aromatic N) is 1. The van der Waals surface area contributed by atoms with Crippen molar-refractivity contribution in [1.82, 2.24) is 0 Å². The van der Waals surface area contributed by atoms with E-state index in [1.54, 1.807) is 5.32 Å². The Morgan fingerprint density at radius 1 is 1.23 bits per heavy atom. The first-order chi connectivity index (χ1) is 10.3. The first-order valence-electron chi connectivity index (χ1n) is 6.37. The minimum atomic E-state index is -5.08. The fourth-order valence-corrected chi connectivity index (χ4v) is 2.03. The van der Waals surface area contributed by atoms with E-state index in [1.807, 2.05) is 4.90 Å². The fraction of sp³-hybridized carbons (Fsp3) is 0.385. The van der Waals surface area contributed by atoms with Gasteiger partial charge in [0, 0.05) is 18.8 Å². The Morgan fingerprint density at radius 2 is 1.86 bits per heavy atom. The SMILES string of the molecule is O=C(O)c1cc(N2CCOCC2)ccc1NC(=O)C(F)(F)F. The van der Waals surface area contributed by atoms with Crippen LogP contribution in [0.2, 0.25) is 0 Å². The number of carbonyl (C=O) groups excluding carboxylic acids is 1. The van der Waals surface area contributed by atoms with Crippen molar-refractivity contribution in [3.8, 4) is 0 Å². The van der Waals surface area contributed by atoms with Crippen molar-refractivity contribution >= 4 is 23.3 Å². The Bertz CT molecular complexity index is 583. The molecule has 120 valence electrons. The standard InChI is InChI=1S/C13H13F3N2O4/c14-13(15,16)12(21)17-10-2-1-8(7-9(10)11(19)20)18-3-5-22-6-4-18/h1-2,7H,3-6H2,(H,17,21)(H,19,20). The summed E-state index contributed by atoms with van der Waals surface area (Å²) < 4.78 is 41.9. The van der Waals surface area contributed by atoms with Gasteiger partial charge < -0.3 is 20.1 Å². The van der Waals surface area contributed by atoms with Crippen LogP contribution in [-0.2, 0) is 9.53 Å². The molecule has 0 atom stereocenters. The van der Waals surface area contributed by atoms with Crippen LogP contribution in [0.25, 0.3) is 0 Å². The van der Waals surface area contributed by atoms with Gasteiger partial charge in [-0.25, -0.2) is 4.79 Å². The Morgan fingerprint density at radius 3 is 2.41 bits per heavy atom. The van der Waals surface area contributed by atoms with E-state index in [1.165, 1.54) is 12.1 Å². The highest BCUT2D eigenvalue weighted by Gasteiger charge is 2.39. The molecule has 1 aliphatic heterocycles. The normalized spacial score (nSPS) is 15.5. The summed E-state index contributed by atoms with van der Waals surface area (Å²) in [7, 11) is 0. The van der Waals surface area contributed by atoms with Gasteiger partial charge in [-0.15, -0.1) is 0 Å². The van der Waals surface area contributed by atoms with Gasteiger partial charge in [0.25, 0.3) is 0 Å². The molecule has 0 bridgehead atoms. The second kappa shape index (κ2) is 6.22. The number of hydrogen-bond acceptors (Lipinski definition) is 4. The van der Waals surface area contributed by atoms with Gasteiger partial charge in [-0.05, 0) is 18.2 Å². The molecule has 1 aliphatic rings. The summed E-state index contributed by atoms with van der Waals surface area (Å²) in [4.78, 5) is 24.0. The number of amides is 1. The lowest BCUT2D eigenvalue weighted by Gasteiger charge is -2.29. The lowest BCUT2D eigenvalue weighted by atomic mass is 10.1. The lowest BCUT2D eigenvalue weighted by molar-refractivity contribution is -0.167. The van der Waals surface area contributed by atoms with Crippen LogP contribution in [0.5, 0.6) is 0 Å². The topological polar surface area (TPSA) is 78.9 Å². The van der Waals surface area contributed by atoms with E-state index in [0.717, 1.165) is 6.07 Å². The lowest BCUT2D eigenvalue weighted by Crippen LogP contribution is -2.36. The average Bonchev–Trinajstić information content (AvgIpc) is 2.47. The minimum Gasteiger partial charge on any atom is -0.478 e. The van der Waals surface area contributed by atoms with Crippen LogP contribution in [0.15, 0.2) is 18.2 Å². The summed E-state index contributed by atoms with van der Waals surface area (Å²) in [6, 6.07) is 3.85. The number of benzene rings is 1. The molecule has 1 fully saturated rings. The van der Waals surface area contributed by atoms with Gasteiger partial charge in [0.15, 0.2) is 0 Å². The van der Waals surface area contributed by atoms with Crippen molar-refractivity contribution in [3.05, 3.63) is 23.8 Å². The number of rotatable bonds is 3. The molecule has 0 spiro atoms. The number of carboxylic acids is 1. The molecule has 2 rings (SSSR count). The summed E-state index contributed by atoms with van der Waals surface area (Å²) in [5.41, 5.74) is -0.251. The maximum atomic E-state index is 12.3. The monoisotopic (exact) mass is 318 g/mol. The number of halogens is 3. The van der Waals surface area contributed by atoms with E-state index < -0.39 is 29.3 Å². The summed E-state index contributed by atoms with van der Waals surface area (Å²) in [6.45, 7) is 2.06. The highest BCUT2D eigenvalue weighted by atomic mass is 19.4. The maximum absolute atomic E-state index is 12.3. The zero-order chi connectivity index (χ0) is 16.3. The van der Waals surface area contributed by atoms with Crippen molar-refractivity contribution in [3.63, 3.8) is 0 Å². The largest absolute Gasteiger partial charge is 0.478 e. The van der Waals surface area contributed by atoms with E-state index in [4.69, 9.17) is 9.84 Å². The third-order valence-corrected chi connectivity index (χ3v) is 3.12. The van der Waals surface area contributed by atoms with Crippen LogP contribution in [-0.4, -0.2) is 49.5 Å². The van der Waals surface area contributed by atoms with Crippen molar-refractivity contribution < 1.29 is 32.6 Å². The number of carbonyl (C=O) groups is 2. The van der Waals surface area contributed by atoms with Gasteiger partial charge in [0.2, 0.25) is 0 Å². The van der Waals surface area contributed by atoms with Crippen LogP contribution in [0.3, 0.4) is 0 Å². The quantitative estimate of drug-likeness (QED) is 0.887. The number of alkyl halides is 3. The minimum absolute atomic E-state index is 0.396. The Balaban J connectivity index is 2.27. The Kier molecular flexibility index (Phi) is 4.55. The van der Waals surface area contributed by atoms with Gasteiger partial charge >= 0.3 is 18.1 Å². The van der Waals surface area contributed by atoms with Crippen molar-refractivity contribution in [2.24, 2.45) is 0 Å². The summed E-state index contributed by atoms with van der Waals surface area (Å²) in [6.07, 6.45) is -5.08. The van der Waals surface area contributed by atoms with Crippen molar-refractivity contribution in [2.75, 3.05) is 36.5 Å². The molecule has 1 heterocycles. The van der Waals surface area contributed by atoms with Crippen molar-refractivity contribution in [1.29, 1.82) is 0 Å². The van der Waals surface area contributed by atoms with E-state index in [-0.39, 0.29) is 0 Å². The van der Waals surface area contributed by atoms with Crippen LogP contribution in [0, 0.1) is 0 Å². The van der Waals surface area contributed by atoms with Gasteiger partial charge in [0.05, 0.1) is 24.5 Å². The molecule has 2 N–H and O–H groups in total. The molecular weight excluding hydrogens is 305 g/mol. The molecule has 0 radical (unpaired) electrons. The van der Waals surface area contributed by atoms with E-state index in [2.05, 4.69) is 0 Å². The number of hydrogen-bond donors (Lipinski definition) is 2. The fourth-order valence-electron chi connectivity index (χ4n) is 2.03. The second-order valence-corrected chi connectivity index (χ2v) is 4.59. The van der Waals surface area contributed by atoms with Crippen molar-refractivity contribution in [2.45, 2.75) is 6.18 Å². The van der Waals surface area contributed by atoms with Gasteiger partial charge in [-0.2, -0.15) is 13.2 Å². The van der Waals surface area contributed by atoms with E-state index >= 15 is 0 Å². The molecule has 0 aliphatic carbocycles. The first-order valence-corrected chi connectivity index (χ1v) is 6.37.